The van der Waals surface area contributed by atoms with Crippen molar-refractivity contribution in [3.05, 3.63) is 34.5 Å². The normalized spacial score (nSPS) is 14.7. The smallest absolute Gasteiger partial charge is 0.326 e. The molecule has 1 aromatic carbocycles. The van der Waals surface area contributed by atoms with Gasteiger partial charge in [-0.05, 0) is 31.0 Å². The standard InChI is InChI=1S/C10H9FN2O.HIO/c11-6-1-4-9-8(5-6)12-10(14)13(9)7-2-3-7;1-2/h1,4-5,7H,2-3H2,(H,12,14);2H. The minimum Gasteiger partial charge on any atom is -0.331 e. The molecule has 16 heavy (non-hydrogen) atoms. The van der Waals surface area contributed by atoms with E-state index in [-0.39, 0.29) is 11.5 Å². The molecule has 0 amide bonds. The molecule has 1 aliphatic carbocycles. The summed E-state index contributed by atoms with van der Waals surface area (Å²) in [5.74, 6) is -0.318. The van der Waals surface area contributed by atoms with Crippen LogP contribution in [0.15, 0.2) is 23.0 Å². The zero-order valence-corrected chi connectivity index (χ0v) is 10.4. The third kappa shape index (κ3) is 1.99. The molecular weight excluding hydrogens is 326 g/mol. The fourth-order valence-corrected chi connectivity index (χ4v) is 1.80. The lowest BCUT2D eigenvalue weighted by Crippen LogP contribution is -2.14. The molecule has 2 N–H and O–H groups in total. The van der Waals surface area contributed by atoms with E-state index in [1.165, 1.54) is 12.1 Å². The van der Waals surface area contributed by atoms with Crippen molar-refractivity contribution >= 4 is 34.0 Å². The highest BCUT2D eigenvalue weighted by atomic mass is 127. The van der Waals surface area contributed by atoms with Crippen LogP contribution < -0.4 is 5.69 Å². The number of nitrogens with one attached hydrogen (secondary N) is 1. The third-order valence-corrected chi connectivity index (χ3v) is 2.59. The van der Waals surface area contributed by atoms with Gasteiger partial charge in [-0.15, -0.1) is 0 Å². The van der Waals surface area contributed by atoms with Crippen molar-refractivity contribution < 1.29 is 7.83 Å². The Hall–Kier alpha value is -0.890. The fraction of sp³-hybridized carbons (Fsp3) is 0.300. The van der Waals surface area contributed by atoms with Crippen molar-refractivity contribution in [3.8, 4) is 0 Å². The van der Waals surface area contributed by atoms with Crippen LogP contribution in [0.5, 0.6) is 0 Å². The Kier molecular flexibility index (Phi) is 3.29. The van der Waals surface area contributed by atoms with Crippen LogP contribution in [0.25, 0.3) is 11.0 Å². The molecule has 0 unspecified atom stereocenters. The van der Waals surface area contributed by atoms with Gasteiger partial charge in [-0.1, -0.05) is 0 Å². The van der Waals surface area contributed by atoms with Crippen LogP contribution in [-0.2, 0) is 0 Å². The van der Waals surface area contributed by atoms with Crippen molar-refractivity contribution in [2.24, 2.45) is 0 Å². The number of halogens is 2. The predicted molar refractivity (Wildman–Crippen MR) is 67.0 cm³/mol. The first-order chi connectivity index (χ1) is 7.75. The van der Waals surface area contributed by atoms with Gasteiger partial charge in [0.2, 0.25) is 0 Å². The Balaban J connectivity index is 0.000000457. The van der Waals surface area contributed by atoms with Gasteiger partial charge in [0, 0.05) is 6.04 Å². The summed E-state index contributed by atoms with van der Waals surface area (Å²) in [6, 6.07) is 4.71. The van der Waals surface area contributed by atoms with Gasteiger partial charge in [0.15, 0.2) is 0 Å². The van der Waals surface area contributed by atoms with Crippen LogP contribution >= 0.6 is 23.0 Å². The summed E-state index contributed by atoms with van der Waals surface area (Å²) in [5, 5.41) is 0. The number of aromatic nitrogens is 2. The summed E-state index contributed by atoms with van der Waals surface area (Å²) in [6.45, 7) is 0. The van der Waals surface area contributed by atoms with Gasteiger partial charge in [-0.3, -0.25) is 4.57 Å². The molecule has 0 aliphatic heterocycles. The molecule has 1 heterocycles. The second-order valence-corrected chi connectivity index (χ2v) is 3.69. The molecule has 4 nitrogen and oxygen atoms in total. The Bertz CT molecular complexity index is 559. The average Bonchev–Trinajstić information content (AvgIpc) is 3.05. The van der Waals surface area contributed by atoms with Gasteiger partial charge < -0.3 is 8.42 Å². The molecular formula is C10H10FIN2O2. The number of hydrogen-bond acceptors (Lipinski definition) is 2. The van der Waals surface area contributed by atoms with Crippen molar-refractivity contribution in [3.63, 3.8) is 0 Å². The van der Waals surface area contributed by atoms with E-state index >= 15 is 0 Å². The molecule has 0 saturated heterocycles. The van der Waals surface area contributed by atoms with Crippen LogP contribution in [0, 0.1) is 5.82 Å². The Morgan fingerprint density at radius 1 is 1.44 bits per heavy atom. The highest BCUT2D eigenvalue weighted by Gasteiger charge is 2.27. The Labute approximate surface area is 105 Å². The quantitative estimate of drug-likeness (QED) is 0.784. The van der Waals surface area contributed by atoms with Crippen LogP contribution in [0.4, 0.5) is 4.39 Å². The Morgan fingerprint density at radius 2 is 2.12 bits per heavy atom. The molecule has 0 spiro atoms. The second-order valence-electron chi connectivity index (χ2n) is 3.69. The average molecular weight is 336 g/mol. The molecule has 1 fully saturated rings. The number of nitrogens with zero attached hydrogens (tertiary/aromatic N) is 1. The summed E-state index contributed by atoms with van der Waals surface area (Å²) < 4.78 is 21.6. The lowest BCUT2D eigenvalue weighted by atomic mass is 10.3. The zero-order chi connectivity index (χ0) is 11.7. The van der Waals surface area contributed by atoms with Crippen molar-refractivity contribution in [2.45, 2.75) is 18.9 Å². The molecule has 0 atom stereocenters. The summed E-state index contributed by atoms with van der Waals surface area (Å²) >= 11 is 1.15. The topological polar surface area (TPSA) is 58.0 Å². The van der Waals surface area contributed by atoms with E-state index in [2.05, 4.69) is 4.98 Å². The lowest BCUT2D eigenvalue weighted by Gasteiger charge is -1.98. The molecule has 0 bridgehead atoms. The van der Waals surface area contributed by atoms with Gasteiger partial charge in [0.05, 0.1) is 11.0 Å². The van der Waals surface area contributed by atoms with Crippen LogP contribution in [0.2, 0.25) is 0 Å². The highest BCUT2D eigenvalue weighted by Crippen LogP contribution is 2.35. The highest BCUT2D eigenvalue weighted by molar-refractivity contribution is 14.1. The van der Waals surface area contributed by atoms with Crippen LogP contribution in [-0.4, -0.2) is 13.0 Å². The first kappa shape index (κ1) is 11.6. The van der Waals surface area contributed by atoms with Gasteiger partial charge in [0.1, 0.15) is 28.8 Å². The molecule has 1 aliphatic rings. The van der Waals surface area contributed by atoms with E-state index < -0.39 is 0 Å². The maximum Gasteiger partial charge on any atom is 0.326 e. The summed E-state index contributed by atoms with van der Waals surface area (Å²) in [4.78, 5) is 14.2. The molecule has 6 heteroatoms. The summed E-state index contributed by atoms with van der Waals surface area (Å²) in [5.41, 5.74) is 1.26. The number of rotatable bonds is 1. The number of imidazole rings is 1. The van der Waals surface area contributed by atoms with Crippen molar-refractivity contribution in [1.29, 1.82) is 0 Å². The monoisotopic (exact) mass is 336 g/mol. The first-order valence-corrected chi connectivity index (χ1v) is 5.79. The van der Waals surface area contributed by atoms with Gasteiger partial charge in [0.25, 0.3) is 0 Å². The van der Waals surface area contributed by atoms with E-state index in [0.717, 1.165) is 41.4 Å². The van der Waals surface area contributed by atoms with E-state index in [4.69, 9.17) is 3.44 Å². The van der Waals surface area contributed by atoms with Gasteiger partial charge in [-0.25, -0.2) is 9.18 Å². The number of aromatic amines is 1. The predicted octanol–water partition coefficient (Wildman–Crippen LogP) is 2.13. The molecule has 3 rings (SSSR count). The molecule has 1 saturated carbocycles. The maximum atomic E-state index is 12.9. The number of fused-ring (bicyclic) bond motifs is 1. The van der Waals surface area contributed by atoms with E-state index in [0.29, 0.717) is 11.6 Å². The first-order valence-electron chi connectivity index (χ1n) is 4.82. The minimum atomic E-state index is -0.318. The number of benzene rings is 1. The number of H-pyrrole nitrogens is 1. The third-order valence-electron chi connectivity index (χ3n) is 2.59. The zero-order valence-electron chi connectivity index (χ0n) is 8.28. The van der Waals surface area contributed by atoms with Crippen molar-refractivity contribution in [2.75, 3.05) is 0 Å². The van der Waals surface area contributed by atoms with Crippen molar-refractivity contribution in [1.82, 2.24) is 9.55 Å². The van der Waals surface area contributed by atoms with E-state index in [1.807, 2.05) is 0 Å². The Morgan fingerprint density at radius 3 is 2.75 bits per heavy atom. The van der Waals surface area contributed by atoms with E-state index in [9.17, 15) is 9.18 Å². The molecule has 2 aromatic rings. The maximum absolute atomic E-state index is 12.9. The summed E-state index contributed by atoms with van der Waals surface area (Å²) in [6.07, 6.45) is 2.09. The molecule has 0 radical (unpaired) electrons. The largest absolute Gasteiger partial charge is 0.331 e. The molecule has 1 aromatic heterocycles. The number of hydrogen-bond donors (Lipinski definition) is 2. The van der Waals surface area contributed by atoms with E-state index in [1.54, 1.807) is 10.6 Å². The minimum absolute atomic E-state index is 0.131. The molecule has 86 valence electrons. The SMILES string of the molecule is O=c1[nH]c2cc(F)ccc2n1C1CC1.OI. The van der Waals surface area contributed by atoms with Gasteiger partial charge in [-0.2, -0.15) is 0 Å². The van der Waals surface area contributed by atoms with Crippen LogP contribution in [0.3, 0.4) is 0 Å². The summed E-state index contributed by atoms with van der Waals surface area (Å²) in [7, 11) is 0. The van der Waals surface area contributed by atoms with Gasteiger partial charge >= 0.3 is 5.69 Å². The fourth-order valence-electron chi connectivity index (χ4n) is 1.80. The lowest BCUT2D eigenvalue weighted by molar-refractivity contribution is 0.629. The van der Waals surface area contributed by atoms with Crippen LogP contribution in [0.1, 0.15) is 18.9 Å². The second kappa shape index (κ2) is 4.54.